The van der Waals surface area contributed by atoms with Gasteiger partial charge in [0, 0.05) is 29.8 Å². The average Bonchev–Trinajstić information content (AvgIpc) is 3.35. The zero-order valence-electron chi connectivity index (χ0n) is 18.5. The van der Waals surface area contributed by atoms with Crippen molar-refractivity contribution in [2.45, 2.75) is 6.42 Å². The van der Waals surface area contributed by atoms with E-state index in [1.54, 1.807) is 34.9 Å². The van der Waals surface area contributed by atoms with E-state index in [1.807, 2.05) is 42.5 Å². The van der Waals surface area contributed by atoms with E-state index in [4.69, 9.17) is 44.8 Å². The molecule has 1 amide bonds. The van der Waals surface area contributed by atoms with Gasteiger partial charge in [0.1, 0.15) is 0 Å². The number of rotatable bonds is 5. The van der Waals surface area contributed by atoms with E-state index in [-0.39, 0.29) is 10.9 Å². The van der Waals surface area contributed by atoms with Crippen LogP contribution in [-0.2, 0) is 6.42 Å². The van der Waals surface area contributed by atoms with Gasteiger partial charge in [-0.1, -0.05) is 95.1 Å². The minimum atomic E-state index is -0.107. The number of hydrogen-bond donors (Lipinski definition) is 0. The largest absolute Gasteiger partial charge is 0.287 e. The van der Waals surface area contributed by atoms with Gasteiger partial charge < -0.3 is 0 Å². The van der Waals surface area contributed by atoms with Crippen molar-refractivity contribution in [3.05, 3.63) is 99.0 Å². The van der Waals surface area contributed by atoms with Crippen LogP contribution in [0.4, 0.5) is 0 Å². The summed E-state index contributed by atoms with van der Waals surface area (Å²) in [6.07, 6.45) is 0.824. The summed E-state index contributed by atoms with van der Waals surface area (Å²) in [5.74, 6) is 0.703. The monoisotopic (exact) mass is 539 g/mol. The predicted molar refractivity (Wildman–Crippen MR) is 148 cm³/mol. The molecule has 1 aliphatic rings. The number of amides is 1. The third-order valence-electron chi connectivity index (χ3n) is 5.77. The lowest BCUT2D eigenvalue weighted by Gasteiger charge is -2.18. The molecular weight excluding hydrogens is 521 g/mol. The Kier molecular flexibility index (Phi) is 7.30. The topological polar surface area (TPSA) is 45.6 Å². The van der Waals surface area contributed by atoms with Crippen molar-refractivity contribution in [3.63, 3.8) is 0 Å². The van der Waals surface area contributed by atoms with Gasteiger partial charge in [0.05, 0.1) is 31.8 Å². The second-order valence-corrected chi connectivity index (χ2v) is 10.2. The number of aliphatic imine (C=N–C) groups is 1. The summed E-state index contributed by atoms with van der Waals surface area (Å²) >= 11 is 20.5. The standard InChI is InChI=1S/C27H20Cl3N3OS/c28-21-11-10-19(24(29)25(21)30)23-16-20(18-8-4-5-9-22(18)32-23)26(34)33-14-15-35-27(33)31-13-12-17-6-2-1-3-7-17/h1-11,16H,12-15H2. The summed E-state index contributed by atoms with van der Waals surface area (Å²) in [6, 6.07) is 23.0. The highest BCUT2D eigenvalue weighted by Crippen LogP contribution is 2.38. The van der Waals surface area contributed by atoms with Crippen molar-refractivity contribution in [3.8, 4) is 11.3 Å². The molecule has 35 heavy (non-hydrogen) atoms. The Bertz CT molecular complexity index is 1440. The van der Waals surface area contributed by atoms with Crippen molar-refractivity contribution >= 4 is 68.5 Å². The number of aromatic nitrogens is 1. The molecule has 1 saturated heterocycles. The minimum absolute atomic E-state index is 0.107. The number of benzene rings is 3. The van der Waals surface area contributed by atoms with Gasteiger partial charge in [-0.25, -0.2) is 4.98 Å². The first-order valence-corrected chi connectivity index (χ1v) is 13.2. The molecule has 0 N–H and O–H groups in total. The zero-order valence-corrected chi connectivity index (χ0v) is 21.6. The highest BCUT2D eigenvalue weighted by atomic mass is 35.5. The number of carbonyl (C=O) groups is 1. The fraction of sp³-hybridized carbons (Fsp3) is 0.148. The van der Waals surface area contributed by atoms with E-state index < -0.39 is 0 Å². The normalized spacial score (nSPS) is 14.7. The first-order chi connectivity index (χ1) is 17.0. The third kappa shape index (κ3) is 5.05. The SMILES string of the molecule is O=C(c1cc(-c2ccc(Cl)c(Cl)c2Cl)nc2ccccc12)N1CCSC1=NCCc1ccccc1. The van der Waals surface area contributed by atoms with Gasteiger partial charge in [-0.2, -0.15) is 0 Å². The summed E-state index contributed by atoms with van der Waals surface area (Å²) in [7, 11) is 0. The summed E-state index contributed by atoms with van der Waals surface area (Å²) in [6.45, 7) is 1.23. The number of fused-ring (bicyclic) bond motifs is 1. The van der Waals surface area contributed by atoms with Crippen LogP contribution < -0.4 is 0 Å². The molecule has 0 bridgehead atoms. The maximum Gasteiger partial charge on any atom is 0.260 e. The van der Waals surface area contributed by atoms with E-state index in [0.29, 0.717) is 45.5 Å². The fourth-order valence-corrected chi connectivity index (χ4v) is 5.61. The van der Waals surface area contributed by atoms with Crippen LogP contribution >= 0.6 is 46.6 Å². The van der Waals surface area contributed by atoms with Crippen LogP contribution in [0.2, 0.25) is 15.1 Å². The van der Waals surface area contributed by atoms with Gasteiger partial charge in [0.2, 0.25) is 0 Å². The molecule has 0 radical (unpaired) electrons. The highest BCUT2D eigenvalue weighted by molar-refractivity contribution is 8.14. The van der Waals surface area contributed by atoms with E-state index in [9.17, 15) is 4.79 Å². The van der Waals surface area contributed by atoms with Crippen LogP contribution in [0.5, 0.6) is 0 Å². The molecule has 1 aliphatic heterocycles. The maximum absolute atomic E-state index is 13.8. The molecule has 0 spiro atoms. The quantitative estimate of drug-likeness (QED) is 0.244. The van der Waals surface area contributed by atoms with E-state index in [1.165, 1.54) is 5.56 Å². The molecule has 0 atom stereocenters. The van der Waals surface area contributed by atoms with Crippen molar-refractivity contribution in [2.24, 2.45) is 4.99 Å². The van der Waals surface area contributed by atoms with Gasteiger partial charge >= 0.3 is 0 Å². The molecule has 1 fully saturated rings. The molecule has 0 unspecified atom stereocenters. The molecule has 176 valence electrons. The number of halogens is 3. The molecule has 1 aromatic heterocycles. The van der Waals surface area contributed by atoms with Crippen LogP contribution in [0.3, 0.4) is 0 Å². The lowest BCUT2D eigenvalue weighted by molar-refractivity contribution is 0.0861. The van der Waals surface area contributed by atoms with Crippen molar-refractivity contribution in [1.82, 2.24) is 9.88 Å². The van der Waals surface area contributed by atoms with Gasteiger partial charge in [-0.05, 0) is 36.2 Å². The van der Waals surface area contributed by atoms with E-state index >= 15 is 0 Å². The molecule has 0 saturated carbocycles. The number of thioether (sulfide) groups is 1. The molecule has 8 heteroatoms. The molecule has 2 heterocycles. The molecule has 5 rings (SSSR count). The average molecular weight is 541 g/mol. The van der Waals surface area contributed by atoms with E-state index in [2.05, 4.69) is 12.1 Å². The molecule has 3 aromatic carbocycles. The summed E-state index contributed by atoms with van der Waals surface area (Å²) < 4.78 is 0. The van der Waals surface area contributed by atoms with Crippen molar-refractivity contribution in [1.29, 1.82) is 0 Å². The van der Waals surface area contributed by atoms with Gasteiger partial charge in [-0.3, -0.25) is 14.7 Å². The Hall–Kier alpha value is -2.57. The van der Waals surface area contributed by atoms with Crippen LogP contribution in [-0.4, -0.2) is 39.8 Å². The number of nitrogens with zero attached hydrogens (tertiary/aromatic N) is 3. The first kappa shape index (κ1) is 24.1. The minimum Gasteiger partial charge on any atom is -0.287 e. The Morgan fingerprint density at radius 3 is 2.57 bits per heavy atom. The second kappa shape index (κ2) is 10.6. The number of pyridine rings is 1. The fourth-order valence-electron chi connectivity index (χ4n) is 4.01. The Labute approximate surface area is 222 Å². The lowest BCUT2D eigenvalue weighted by Crippen LogP contribution is -2.32. The molecule has 4 nitrogen and oxygen atoms in total. The maximum atomic E-state index is 13.8. The Balaban J connectivity index is 1.50. The van der Waals surface area contributed by atoms with Gasteiger partial charge in [0.25, 0.3) is 5.91 Å². The van der Waals surface area contributed by atoms with Crippen LogP contribution in [0, 0.1) is 0 Å². The highest BCUT2D eigenvalue weighted by Gasteiger charge is 2.28. The Morgan fingerprint density at radius 1 is 0.971 bits per heavy atom. The molecular formula is C27H20Cl3N3OS. The Morgan fingerprint density at radius 2 is 1.74 bits per heavy atom. The van der Waals surface area contributed by atoms with E-state index in [0.717, 1.165) is 22.7 Å². The summed E-state index contributed by atoms with van der Waals surface area (Å²) in [5.41, 5.74) is 3.65. The molecule has 0 aliphatic carbocycles. The smallest absolute Gasteiger partial charge is 0.260 e. The van der Waals surface area contributed by atoms with Crippen molar-refractivity contribution in [2.75, 3.05) is 18.8 Å². The van der Waals surface area contributed by atoms with Crippen LogP contribution in [0.25, 0.3) is 22.2 Å². The first-order valence-electron chi connectivity index (χ1n) is 11.1. The summed E-state index contributed by atoms with van der Waals surface area (Å²) in [4.78, 5) is 25.1. The summed E-state index contributed by atoms with van der Waals surface area (Å²) in [5, 5.41) is 2.46. The lowest BCUT2D eigenvalue weighted by atomic mass is 10.0. The number of amidine groups is 1. The number of hydrogen-bond acceptors (Lipinski definition) is 4. The molecule has 4 aromatic rings. The van der Waals surface area contributed by atoms with Crippen LogP contribution in [0.1, 0.15) is 15.9 Å². The van der Waals surface area contributed by atoms with Gasteiger partial charge in [-0.15, -0.1) is 0 Å². The number of para-hydroxylation sites is 1. The van der Waals surface area contributed by atoms with Gasteiger partial charge in [0.15, 0.2) is 5.17 Å². The van der Waals surface area contributed by atoms with Crippen molar-refractivity contribution < 1.29 is 4.79 Å². The second-order valence-electron chi connectivity index (χ2n) is 8.00. The zero-order chi connectivity index (χ0) is 24.4. The third-order valence-corrected chi connectivity index (χ3v) is 8.06. The van der Waals surface area contributed by atoms with Crippen LogP contribution in [0.15, 0.2) is 77.8 Å². The predicted octanol–water partition coefficient (Wildman–Crippen LogP) is 7.65. The number of carbonyl (C=O) groups excluding carboxylic acids is 1.